The van der Waals surface area contributed by atoms with Crippen LogP contribution in [0.25, 0.3) is 0 Å². The maximum Gasteiger partial charge on any atom is 0.323 e. The summed E-state index contributed by atoms with van der Waals surface area (Å²) in [7, 11) is 2.20. The number of carbonyl (C=O) groups is 3. The van der Waals surface area contributed by atoms with Crippen LogP contribution in [0.4, 0.5) is 15.5 Å². The van der Waals surface area contributed by atoms with Crippen molar-refractivity contribution in [1.82, 2.24) is 19.6 Å². The highest BCUT2D eigenvalue weighted by Gasteiger charge is 2.36. The molecule has 3 fully saturated rings. The van der Waals surface area contributed by atoms with Crippen molar-refractivity contribution in [1.29, 1.82) is 0 Å². The van der Waals surface area contributed by atoms with Gasteiger partial charge in [-0.2, -0.15) is 0 Å². The van der Waals surface area contributed by atoms with E-state index >= 15 is 0 Å². The first-order valence-corrected chi connectivity index (χ1v) is 18.4. The summed E-state index contributed by atoms with van der Waals surface area (Å²) in [5.74, 6) is 1.06. The fraction of sp³-hybridized carbons (Fsp3) is 0.629. The number of thiophene rings is 1. The van der Waals surface area contributed by atoms with Crippen molar-refractivity contribution < 1.29 is 14.4 Å². The fourth-order valence-electron chi connectivity index (χ4n) is 8.08. The minimum absolute atomic E-state index is 0.0125. The highest BCUT2D eigenvalue weighted by molar-refractivity contribution is 7.14. The van der Waals surface area contributed by atoms with E-state index < -0.39 is 5.92 Å². The molecule has 0 spiro atoms. The molecule has 4 amide bonds. The smallest absolute Gasteiger partial charge is 0.323 e. The Morgan fingerprint density at radius 2 is 1.65 bits per heavy atom. The molecule has 0 bridgehead atoms. The molecular formula is C35H49ClN6O3S. The molecule has 9 nitrogen and oxygen atoms in total. The van der Waals surface area contributed by atoms with Gasteiger partial charge in [-0.3, -0.25) is 14.9 Å². The number of nitrogens with one attached hydrogen (secondary N) is 1. The minimum Gasteiger partial charge on any atom is -0.397 e. The molecule has 250 valence electrons. The zero-order valence-electron chi connectivity index (χ0n) is 27.3. The third kappa shape index (κ3) is 7.34. The van der Waals surface area contributed by atoms with Crippen LogP contribution < -0.4 is 11.1 Å². The number of likely N-dealkylation sites (tertiary alicyclic amines) is 3. The standard InChI is InChI=1S/C35H49ClN6O3S/c1-3-24-18-23(20-30(36)32(24)37)19-28(34(44)41-13-6-26(7-14-41)25-4-11-39(2)12-5-25)21-31(43)40-15-8-29(9-16-40)42-22-27-10-17-46-33(27)38-35(42)45/h10,17-18,20,25-26,28-29H,3-9,11-16,19,21-22,37H2,1-2H3,(H,38,45)/t28-/m0/s1. The number of carbonyl (C=O) groups excluding carboxylic acids is 3. The molecule has 6 rings (SSSR count). The third-order valence-electron chi connectivity index (χ3n) is 11.0. The van der Waals surface area contributed by atoms with Crippen LogP contribution in [0.5, 0.6) is 0 Å². The first-order chi connectivity index (χ1) is 22.2. The summed E-state index contributed by atoms with van der Waals surface area (Å²) in [6.45, 7) is 7.67. The molecule has 1 aromatic carbocycles. The van der Waals surface area contributed by atoms with Crippen molar-refractivity contribution >= 4 is 51.5 Å². The van der Waals surface area contributed by atoms with Crippen LogP contribution in [0.3, 0.4) is 0 Å². The summed E-state index contributed by atoms with van der Waals surface area (Å²) < 4.78 is 0. The molecule has 4 aliphatic rings. The van der Waals surface area contributed by atoms with Crippen LogP contribution in [0.2, 0.25) is 5.02 Å². The quantitative estimate of drug-likeness (QED) is 0.351. The average Bonchev–Trinajstić information content (AvgIpc) is 3.53. The summed E-state index contributed by atoms with van der Waals surface area (Å²) in [6, 6.07) is 6.01. The number of hydrogen-bond donors (Lipinski definition) is 2. The maximum atomic E-state index is 14.2. The molecule has 1 aromatic heterocycles. The van der Waals surface area contributed by atoms with Crippen LogP contribution in [0.15, 0.2) is 23.6 Å². The van der Waals surface area contributed by atoms with Crippen LogP contribution >= 0.6 is 22.9 Å². The maximum absolute atomic E-state index is 14.2. The van der Waals surface area contributed by atoms with Crippen molar-refractivity contribution in [2.45, 2.75) is 77.3 Å². The number of urea groups is 1. The van der Waals surface area contributed by atoms with Crippen molar-refractivity contribution in [3.05, 3.63) is 45.3 Å². The van der Waals surface area contributed by atoms with Crippen LogP contribution in [0, 0.1) is 17.8 Å². The number of nitrogens with two attached hydrogens (primary N) is 1. The lowest BCUT2D eigenvalue weighted by Crippen LogP contribution is -2.51. The summed E-state index contributed by atoms with van der Waals surface area (Å²) in [6.07, 6.45) is 7.42. The zero-order chi connectivity index (χ0) is 32.4. The summed E-state index contributed by atoms with van der Waals surface area (Å²) in [5.41, 5.74) is 9.88. The van der Waals surface area contributed by atoms with Crippen LogP contribution in [-0.2, 0) is 29.0 Å². The molecule has 5 heterocycles. The van der Waals surface area contributed by atoms with Crippen molar-refractivity contribution in [3.8, 4) is 0 Å². The minimum atomic E-state index is -0.459. The zero-order valence-corrected chi connectivity index (χ0v) is 28.9. The molecule has 46 heavy (non-hydrogen) atoms. The van der Waals surface area contributed by atoms with Crippen molar-refractivity contribution in [2.75, 3.05) is 57.4 Å². The fourth-order valence-corrected chi connectivity index (χ4v) is 9.14. The number of hydrogen-bond acceptors (Lipinski definition) is 6. The van der Waals surface area contributed by atoms with E-state index in [1.807, 2.05) is 39.1 Å². The number of halogens is 1. The Kier molecular flexibility index (Phi) is 10.4. The number of fused-ring (bicyclic) bond motifs is 1. The lowest BCUT2D eigenvalue weighted by atomic mass is 9.78. The Labute approximate surface area is 282 Å². The van der Waals surface area contributed by atoms with Crippen LogP contribution in [0.1, 0.15) is 68.6 Å². The highest BCUT2D eigenvalue weighted by Crippen LogP contribution is 2.35. The van der Waals surface area contributed by atoms with Crippen molar-refractivity contribution in [2.24, 2.45) is 17.8 Å². The predicted octanol–water partition coefficient (Wildman–Crippen LogP) is 5.71. The normalized spacial score (nSPS) is 21.3. The van der Waals surface area contributed by atoms with E-state index in [1.54, 1.807) is 11.3 Å². The number of nitrogens with zero attached hydrogens (tertiary/aromatic N) is 4. The molecule has 11 heteroatoms. The molecule has 4 aliphatic heterocycles. The number of nitrogen functional groups attached to an aromatic ring is 1. The molecular weight excluding hydrogens is 620 g/mol. The van der Waals surface area contributed by atoms with Crippen LogP contribution in [-0.4, -0.2) is 89.8 Å². The van der Waals surface area contributed by atoms with E-state index in [1.165, 1.54) is 12.8 Å². The van der Waals surface area contributed by atoms with Gasteiger partial charge in [0.1, 0.15) is 5.00 Å². The van der Waals surface area contributed by atoms with E-state index in [0.717, 1.165) is 85.9 Å². The van der Waals surface area contributed by atoms with Gasteiger partial charge in [0.15, 0.2) is 0 Å². The number of piperidine rings is 3. The number of anilines is 2. The van der Waals surface area contributed by atoms with E-state index in [0.29, 0.717) is 42.7 Å². The van der Waals surface area contributed by atoms with E-state index in [4.69, 9.17) is 17.3 Å². The van der Waals surface area contributed by atoms with Gasteiger partial charge in [-0.25, -0.2) is 4.79 Å². The molecule has 0 aliphatic carbocycles. The lowest BCUT2D eigenvalue weighted by Gasteiger charge is -2.41. The Hall–Kier alpha value is -2.82. The number of aryl methyl sites for hydroxylation is 1. The molecule has 0 unspecified atom stereocenters. The average molecular weight is 669 g/mol. The van der Waals surface area contributed by atoms with Gasteiger partial charge in [-0.05, 0) is 112 Å². The van der Waals surface area contributed by atoms with Gasteiger partial charge in [0, 0.05) is 44.2 Å². The predicted molar refractivity (Wildman–Crippen MR) is 185 cm³/mol. The second-order valence-corrected chi connectivity index (χ2v) is 15.2. The van der Waals surface area contributed by atoms with Gasteiger partial charge < -0.3 is 25.3 Å². The number of rotatable bonds is 8. The number of amides is 4. The van der Waals surface area contributed by atoms with E-state index in [-0.39, 0.29) is 30.3 Å². The Balaban J connectivity index is 1.10. The molecule has 1 atom stereocenters. The van der Waals surface area contributed by atoms with Gasteiger partial charge in [0.05, 0.1) is 23.2 Å². The van der Waals surface area contributed by atoms with Gasteiger partial charge in [-0.15, -0.1) is 11.3 Å². The topological polar surface area (TPSA) is 102 Å². The number of benzene rings is 1. The van der Waals surface area contributed by atoms with Gasteiger partial charge in [-0.1, -0.05) is 24.6 Å². The Morgan fingerprint density at radius 1 is 1.00 bits per heavy atom. The second kappa shape index (κ2) is 14.5. The largest absolute Gasteiger partial charge is 0.397 e. The Morgan fingerprint density at radius 3 is 2.33 bits per heavy atom. The first-order valence-electron chi connectivity index (χ1n) is 17.2. The molecule has 3 saturated heterocycles. The summed E-state index contributed by atoms with van der Waals surface area (Å²) >= 11 is 8.07. The second-order valence-electron chi connectivity index (χ2n) is 13.9. The van der Waals surface area contributed by atoms with Gasteiger partial charge in [0.2, 0.25) is 11.8 Å². The lowest BCUT2D eigenvalue weighted by molar-refractivity contribution is -0.143. The van der Waals surface area contributed by atoms with Gasteiger partial charge >= 0.3 is 6.03 Å². The molecule has 0 saturated carbocycles. The van der Waals surface area contributed by atoms with E-state index in [2.05, 4.69) is 23.3 Å². The van der Waals surface area contributed by atoms with Crippen molar-refractivity contribution in [3.63, 3.8) is 0 Å². The van der Waals surface area contributed by atoms with Gasteiger partial charge in [0.25, 0.3) is 0 Å². The first kappa shape index (κ1) is 33.1. The Bertz CT molecular complexity index is 1410. The molecule has 2 aromatic rings. The molecule has 0 radical (unpaired) electrons. The van der Waals surface area contributed by atoms with E-state index in [9.17, 15) is 14.4 Å². The summed E-state index contributed by atoms with van der Waals surface area (Å²) in [4.78, 5) is 49.0. The monoisotopic (exact) mass is 668 g/mol. The highest BCUT2D eigenvalue weighted by atomic mass is 35.5. The molecule has 3 N–H and O–H groups in total. The third-order valence-corrected chi connectivity index (χ3v) is 12.2. The summed E-state index contributed by atoms with van der Waals surface area (Å²) in [5, 5.41) is 6.46. The SMILES string of the molecule is CCc1cc(C[C@@H](CC(=O)N2CCC(N3Cc4ccsc4NC3=O)CC2)C(=O)N2CCC(C3CCN(C)CC3)CC2)cc(Cl)c1N.